The summed E-state index contributed by atoms with van der Waals surface area (Å²) in [5.41, 5.74) is 0.695. The fraction of sp³-hybridized carbons (Fsp3) is 0.522. The maximum Gasteiger partial charge on any atom is 0.475 e. The second kappa shape index (κ2) is 15.2. The quantitative estimate of drug-likeness (QED) is 0.115. The maximum absolute atomic E-state index is 12.7. The van der Waals surface area contributed by atoms with Crippen LogP contribution in [0.3, 0.4) is 0 Å². The van der Waals surface area contributed by atoms with E-state index >= 15 is 0 Å². The molecule has 1 aromatic carbocycles. The van der Waals surface area contributed by atoms with Crippen molar-refractivity contribution in [2.45, 2.75) is 57.7 Å². The minimum atomic E-state index is -4.54. The van der Waals surface area contributed by atoms with E-state index in [1.807, 2.05) is 19.9 Å². The highest BCUT2D eigenvalue weighted by molar-refractivity contribution is 6.43. The third kappa shape index (κ3) is 13.0. The van der Waals surface area contributed by atoms with Gasteiger partial charge in [-0.3, -0.25) is 14.9 Å². The van der Waals surface area contributed by atoms with E-state index in [1.54, 1.807) is 30.3 Å². The predicted octanol–water partition coefficient (Wildman–Crippen LogP) is 1.64. The number of amides is 2. The van der Waals surface area contributed by atoms with Crippen molar-refractivity contribution in [2.24, 2.45) is 5.92 Å². The van der Waals surface area contributed by atoms with Crippen molar-refractivity contribution in [3.63, 3.8) is 0 Å². The van der Waals surface area contributed by atoms with Crippen LogP contribution in [-0.2, 0) is 16.0 Å². The molecule has 2 amide bonds. The first-order valence-corrected chi connectivity index (χ1v) is 11.3. The monoisotopic (exact) mass is 496 g/mol. The van der Waals surface area contributed by atoms with Crippen LogP contribution in [0.5, 0.6) is 0 Å². The number of nitriles is 1. The third-order valence-corrected chi connectivity index (χ3v) is 4.92. The highest BCUT2D eigenvalue weighted by Gasteiger charge is 2.32. The molecular weight excluding hydrogens is 464 g/mol. The van der Waals surface area contributed by atoms with Gasteiger partial charge in [-0.25, -0.2) is 0 Å². The zero-order valence-corrected chi connectivity index (χ0v) is 19.8. The summed E-state index contributed by atoms with van der Waals surface area (Å²) in [7, 11) is -1.91. The number of rotatable bonds is 14. The molecule has 0 fully saturated rings. The predicted molar refractivity (Wildman–Crippen MR) is 126 cm³/mol. The average Bonchev–Trinajstić information content (AvgIpc) is 2.78. The molecule has 1 aromatic rings. The van der Waals surface area contributed by atoms with Crippen LogP contribution in [0.1, 0.15) is 38.7 Å². The van der Waals surface area contributed by atoms with Gasteiger partial charge in [-0.15, -0.1) is 0 Å². The van der Waals surface area contributed by atoms with E-state index in [-0.39, 0.29) is 30.9 Å². The Morgan fingerprint density at radius 1 is 1.17 bits per heavy atom. The van der Waals surface area contributed by atoms with Crippen LogP contribution >= 0.6 is 0 Å². The molecule has 0 heterocycles. The van der Waals surface area contributed by atoms with E-state index in [1.165, 1.54) is 6.08 Å². The number of alkyl halides is 3. The van der Waals surface area contributed by atoms with Crippen molar-refractivity contribution < 1.29 is 32.8 Å². The molecule has 0 aliphatic heterocycles. The Hall–Kier alpha value is -2.88. The molecule has 0 aliphatic rings. The Bertz CT molecular complexity index is 874. The molecule has 0 saturated heterocycles. The Morgan fingerprint density at radius 2 is 1.83 bits per heavy atom. The number of nitrogens with zero attached hydrogens (tertiary/aromatic N) is 1. The van der Waals surface area contributed by atoms with Gasteiger partial charge in [0.2, 0.25) is 5.91 Å². The lowest BCUT2D eigenvalue weighted by Crippen LogP contribution is -2.54. The minimum Gasteiger partial charge on any atom is -0.426 e. The first kappa shape index (κ1) is 30.2. The van der Waals surface area contributed by atoms with Gasteiger partial charge in [0.05, 0.1) is 18.5 Å². The van der Waals surface area contributed by atoms with E-state index in [9.17, 15) is 32.8 Å². The minimum absolute atomic E-state index is 0.0116. The summed E-state index contributed by atoms with van der Waals surface area (Å²) in [6, 6.07) is 9.29. The van der Waals surface area contributed by atoms with Gasteiger partial charge >= 0.3 is 13.3 Å². The lowest BCUT2D eigenvalue weighted by atomic mass is 9.75. The smallest absolute Gasteiger partial charge is 0.426 e. The van der Waals surface area contributed by atoms with E-state index in [2.05, 4.69) is 16.0 Å². The lowest BCUT2D eigenvalue weighted by molar-refractivity contribution is -0.132. The topological polar surface area (TPSA) is 134 Å². The van der Waals surface area contributed by atoms with Gasteiger partial charge in [0.25, 0.3) is 5.91 Å². The molecule has 35 heavy (non-hydrogen) atoms. The number of unbranched alkanes of at least 4 members (excludes halogenated alkanes) is 1. The van der Waals surface area contributed by atoms with Crippen molar-refractivity contribution >= 4 is 18.9 Å². The fourth-order valence-electron chi connectivity index (χ4n) is 3.21. The molecule has 192 valence electrons. The molecule has 1 unspecified atom stereocenters. The van der Waals surface area contributed by atoms with Crippen molar-refractivity contribution in [1.82, 2.24) is 16.0 Å². The number of nitrogens with one attached hydrogen (secondary N) is 3. The molecule has 2 atom stereocenters. The molecule has 0 aromatic heterocycles. The van der Waals surface area contributed by atoms with Gasteiger partial charge in [0.1, 0.15) is 11.6 Å². The lowest BCUT2D eigenvalue weighted by Gasteiger charge is -2.24. The number of halogens is 3. The molecule has 1 rings (SSSR count). The molecule has 8 nitrogen and oxygen atoms in total. The fourth-order valence-corrected chi connectivity index (χ4v) is 3.21. The van der Waals surface area contributed by atoms with Crippen LogP contribution in [0, 0.1) is 17.2 Å². The van der Waals surface area contributed by atoms with Crippen molar-refractivity contribution in [3.05, 3.63) is 47.5 Å². The molecule has 0 bridgehead atoms. The molecule has 0 aliphatic carbocycles. The van der Waals surface area contributed by atoms with E-state index in [0.29, 0.717) is 18.4 Å². The second-order valence-corrected chi connectivity index (χ2v) is 8.45. The Morgan fingerprint density at radius 3 is 2.37 bits per heavy atom. The number of hydrogen-bond donors (Lipinski definition) is 5. The molecule has 0 radical (unpaired) electrons. The first-order chi connectivity index (χ1) is 16.4. The van der Waals surface area contributed by atoms with Gasteiger partial charge in [-0.2, -0.15) is 18.4 Å². The summed E-state index contributed by atoms with van der Waals surface area (Å²) in [4.78, 5) is 24.7. The SMILES string of the molecule is CC(C)C=C(C#N)C(=O)NCCCCC(NCC(F)(F)F)C(=O)N[C@@H](Cc1ccccc1)B(O)O. The van der Waals surface area contributed by atoms with Gasteiger partial charge in [-0.05, 0) is 37.2 Å². The van der Waals surface area contributed by atoms with Crippen molar-refractivity contribution in [3.8, 4) is 6.07 Å². The highest BCUT2D eigenvalue weighted by Crippen LogP contribution is 2.14. The summed E-state index contributed by atoms with van der Waals surface area (Å²) >= 11 is 0. The van der Waals surface area contributed by atoms with E-state index < -0.39 is 43.6 Å². The van der Waals surface area contributed by atoms with E-state index in [4.69, 9.17) is 5.26 Å². The summed E-state index contributed by atoms with van der Waals surface area (Å²) in [5, 5.41) is 35.5. The number of carbonyl (C=O) groups excluding carboxylic acids is 2. The third-order valence-electron chi connectivity index (χ3n) is 4.92. The van der Waals surface area contributed by atoms with Crippen molar-refractivity contribution in [2.75, 3.05) is 13.1 Å². The zero-order chi connectivity index (χ0) is 26.4. The molecule has 0 saturated carbocycles. The molecule has 12 heteroatoms. The van der Waals surface area contributed by atoms with Gasteiger partial charge in [0.15, 0.2) is 0 Å². The van der Waals surface area contributed by atoms with Crippen LogP contribution in [0.4, 0.5) is 13.2 Å². The standard InChI is InChI=1S/C23H32BF3N4O4/c1-16(2)12-18(14-28)21(32)29-11-7-6-10-19(30-15-23(25,26)27)22(33)31-20(24(34)35)13-17-8-4-3-5-9-17/h3-5,8-9,12,16,19-20,30,34-35H,6-7,10-11,13,15H2,1-2H3,(H,29,32)(H,31,33)/t19?,20-/m0/s1. The first-order valence-electron chi connectivity index (χ1n) is 11.3. The van der Waals surface area contributed by atoms with Crippen LogP contribution in [0.15, 0.2) is 42.0 Å². The maximum atomic E-state index is 12.7. The van der Waals surface area contributed by atoms with Crippen LogP contribution in [0.2, 0.25) is 0 Å². The summed E-state index contributed by atoms with van der Waals surface area (Å²) in [6.07, 6.45) is -2.26. The zero-order valence-electron chi connectivity index (χ0n) is 19.8. The normalized spacial score (nSPS) is 13.6. The van der Waals surface area contributed by atoms with Crippen LogP contribution in [-0.4, -0.2) is 60.2 Å². The Labute approximate surface area is 203 Å². The number of hydrogen-bond acceptors (Lipinski definition) is 6. The second-order valence-electron chi connectivity index (χ2n) is 8.45. The van der Waals surface area contributed by atoms with E-state index in [0.717, 1.165) is 0 Å². The number of allylic oxidation sites excluding steroid dienone is 1. The largest absolute Gasteiger partial charge is 0.475 e. The van der Waals surface area contributed by atoms with Crippen molar-refractivity contribution in [1.29, 1.82) is 5.26 Å². The number of carbonyl (C=O) groups is 2. The highest BCUT2D eigenvalue weighted by atomic mass is 19.4. The molecule has 0 spiro atoms. The molecular formula is C23H32BF3N4O4. The average molecular weight is 496 g/mol. The van der Waals surface area contributed by atoms with Crippen LogP contribution < -0.4 is 16.0 Å². The molecule has 5 N–H and O–H groups in total. The van der Waals surface area contributed by atoms with Gasteiger partial charge < -0.3 is 20.7 Å². The van der Waals surface area contributed by atoms with Gasteiger partial charge in [0, 0.05) is 6.54 Å². The summed E-state index contributed by atoms with van der Waals surface area (Å²) < 4.78 is 38.2. The van der Waals surface area contributed by atoms with Crippen LogP contribution in [0.25, 0.3) is 0 Å². The summed E-state index contributed by atoms with van der Waals surface area (Å²) in [6.45, 7) is 2.43. The number of benzene rings is 1. The Kier molecular flexibility index (Phi) is 13.1. The Balaban J connectivity index is 2.69. The summed E-state index contributed by atoms with van der Waals surface area (Å²) in [5.74, 6) is -2.43. The van der Waals surface area contributed by atoms with Gasteiger partial charge in [-0.1, -0.05) is 50.3 Å².